The van der Waals surface area contributed by atoms with Crippen molar-refractivity contribution in [3.63, 3.8) is 0 Å². The SMILES string of the molecule is CS(=O)(=O)c1ccc(C(=O)Nc2ccc(Cl)cc2N)cc1. The number of carbonyl (C=O) groups excluding carboxylic acids is 1. The topological polar surface area (TPSA) is 89.3 Å². The van der Waals surface area contributed by atoms with Crippen LogP contribution in [-0.4, -0.2) is 20.6 Å². The van der Waals surface area contributed by atoms with Gasteiger partial charge >= 0.3 is 0 Å². The summed E-state index contributed by atoms with van der Waals surface area (Å²) in [6.07, 6.45) is 1.11. The third-order valence-electron chi connectivity index (χ3n) is 2.81. The van der Waals surface area contributed by atoms with E-state index >= 15 is 0 Å². The summed E-state index contributed by atoms with van der Waals surface area (Å²) >= 11 is 5.78. The van der Waals surface area contributed by atoms with Crippen molar-refractivity contribution < 1.29 is 13.2 Å². The number of nitrogen functional groups attached to an aromatic ring is 1. The van der Waals surface area contributed by atoms with Crippen LogP contribution in [0, 0.1) is 0 Å². The van der Waals surface area contributed by atoms with Gasteiger partial charge in [0.1, 0.15) is 0 Å². The standard InChI is InChI=1S/C14H13ClN2O3S/c1-21(19,20)11-5-2-9(3-6-11)14(18)17-13-7-4-10(15)8-12(13)16/h2-8H,16H2,1H3,(H,17,18). The third kappa shape index (κ3) is 3.74. The maximum atomic E-state index is 12.1. The number of nitrogens with two attached hydrogens (primary N) is 1. The number of carbonyl (C=O) groups is 1. The molecule has 0 fully saturated rings. The van der Waals surface area contributed by atoms with Crippen molar-refractivity contribution in [2.45, 2.75) is 4.90 Å². The monoisotopic (exact) mass is 324 g/mol. The van der Waals surface area contributed by atoms with E-state index in [1.807, 2.05) is 0 Å². The first-order valence-corrected chi connectivity index (χ1v) is 8.21. The number of hydrogen-bond acceptors (Lipinski definition) is 4. The summed E-state index contributed by atoms with van der Waals surface area (Å²) in [5.41, 5.74) is 6.87. The number of hydrogen-bond donors (Lipinski definition) is 2. The Morgan fingerprint density at radius 3 is 2.29 bits per heavy atom. The molecule has 0 atom stereocenters. The van der Waals surface area contributed by atoms with Gasteiger partial charge in [0.2, 0.25) is 0 Å². The molecule has 3 N–H and O–H groups in total. The zero-order chi connectivity index (χ0) is 15.6. The van der Waals surface area contributed by atoms with Gasteiger partial charge in [-0.1, -0.05) is 11.6 Å². The summed E-state index contributed by atoms with van der Waals surface area (Å²) < 4.78 is 22.7. The second kappa shape index (κ2) is 5.75. The van der Waals surface area contributed by atoms with Gasteiger partial charge < -0.3 is 11.1 Å². The highest BCUT2D eigenvalue weighted by Gasteiger charge is 2.11. The molecule has 2 aromatic rings. The smallest absolute Gasteiger partial charge is 0.255 e. The van der Waals surface area contributed by atoms with Crippen molar-refractivity contribution in [3.8, 4) is 0 Å². The molecule has 0 aliphatic carbocycles. The van der Waals surface area contributed by atoms with Gasteiger partial charge in [-0.2, -0.15) is 0 Å². The number of amides is 1. The van der Waals surface area contributed by atoms with E-state index < -0.39 is 9.84 Å². The van der Waals surface area contributed by atoms with Crippen molar-refractivity contribution in [3.05, 3.63) is 53.1 Å². The lowest BCUT2D eigenvalue weighted by Crippen LogP contribution is -2.13. The van der Waals surface area contributed by atoms with Crippen molar-refractivity contribution >= 4 is 38.7 Å². The van der Waals surface area contributed by atoms with E-state index in [1.165, 1.54) is 30.3 Å². The minimum absolute atomic E-state index is 0.157. The van der Waals surface area contributed by atoms with Crippen LogP contribution in [0.25, 0.3) is 0 Å². The van der Waals surface area contributed by atoms with Gasteiger partial charge in [0.25, 0.3) is 5.91 Å². The minimum Gasteiger partial charge on any atom is -0.397 e. The van der Waals surface area contributed by atoms with Crippen molar-refractivity contribution in [1.82, 2.24) is 0 Å². The number of halogens is 1. The summed E-state index contributed by atoms with van der Waals surface area (Å²) in [6, 6.07) is 10.4. The Morgan fingerprint density at radius 2 is 1.76 bits per heavy atom. The van der Waals surface area contributed by atoms with Gasteiger partial charge in [0.05, 0.1) is 16.3 Å². The molecule has 110 valence electrons. The predicted octanol–water partition coefficient (Wildman–Crippen LogP) is 2.58. The van der Waals surface area contributed by atoms with Gasteiger partial charge in [0.15, 0.2) is 9.84 Å². The van der Waals surface area contributed by atoms with Crippen LogP contribution in [0.4, 0.5) is 11.4 Å². The van der Waals surface area contributed by atoms with Crippen LogP contribution < -0.4 is 11.1 Å². The Balaban J connectivity index is 2.21. The first kappa shape index (κ1) is 15.3. The van der Waals surface area contributed by atoms with E-state index in [1.54, 1.807) is 12.1 Å². The van der Waals surface area contributed by atoms with Gasteiger partial charge in [-0.15, -0.1) is 0 Å². The van der Waals surface area contributed by atoms with E-state index in [4.69, 9.17) is 17.3 Å². The Kier molecular flexibility index (Phi) is 4.20. The number of anilines is 2. The zero-order valence-corrected chi connectivity index (χ0v) is 12.7. The Labute approximate surface area is 127 Å². The fourth-order valence-electron chi connectivity index (χ4n) is 1.70. The summed E-state index contributed by atoms with van der Waals surface area (Å²) in [4.78, 5) is 12.2. The second-order valence-corrected chi connectivity index (χ2v) is 6.93. The highest BCUT2D eigenvalue weighted by molar-refractivity contribution is 7.90. The molecule has 0 saturated heterocycles. The van der Waals surface area contributed by atoms with E-state index in [0.29, 0.717) is 22.0 Å². The maximum absolute atomic E-state index is 12.1. The summed E-state index contributed by atoms with van der Waals surface area (Å²) in [6.45, 7) is 0. The molecule has 0 heterocycles. The van der Waals surface area contributed by atoms with Crippen LogP contribution in [-0.2, 0) is 9.84 Å². The Morgan fingerprint density at radius 1 is 1.14 bits per heavy atom. The predicted molar refractivity (Wildman–Crippen MR) is 83.4 cm³/mol. The fraction of sp³-hybridized carbons (Fsp3) is 0.0714. The lowest BCUT2D eigenvalue weighted by molar-refractivity contribution is 0.102. The van der Waals surface area contributed by atoms with E-state index in [9.17, 15) is 13.2 Å². The molecule has 0 aliphatic heterocycles. The summed E-state index contributed by atoms with van der Waals surface area (Å²) in [5.74, 6) is -0.385. The average Bonchev–Trinajstić information content (AvgIpc) is 2.41. The average molecular weight is 325 g/mol. The molecule has 0 unspecified atom stereocenters. The molecule has 0 spiro atoms. The lowest BCUT2D eigenvalue weighted by Gasteiger charge is -2.08. The lowest BCUT2D eigenvalue weighted by atomic mass is 10.2. The second-order valence-electron chi connectivity index (χ2n) is 4.48. The van der Waals surface area contributed by atoms with Crippen molar-refractivity contribution in [1.29, 1.82) is 0 Å². The zero-order valence-electron chi connectivity index (χ0n) is 11.1. The van der Waals surface area contributed by atoms with Crippen LogP contribution in [0.2, 0.25) is 5.02 Å². The molecule has 7 heteroatoms. The Hall–Kier alpha value is -2.05. The Bertz CT molecular complexity index is 786. The minimum atomic E-state index is -3.28. The van der Waals surface area contributed by atoms with Crippen molar-refractivity contribution in [2.24, 2.45) is 0 Å². The molecule has 2 rings (SSSR count). The normalized spacial score (nSPS) is 11.1. The maximum Gasteiger partial charge on any atom is 0.255 e. The molecular weight excluding hydrogens is 312 g/mol. The van der Waals surface area contributed by atoms with E-state index in [2.05, 4.69) is 5.32 Å². The van der Waals surface area contributed by atoms with Crippen LogP contribution >= 0.6 is 11.6 Å². The molecule has 5 nitrogen and oxygen atoms in total. The van der Waals surface area contributed by atoms with Gasteiger partial charge in [-0.05, 0) is 42.5 Å². The number of sulfone groups is 1. The molecule has 1 amide bonds. The number of rotatable bonds is 3. The van der Waals surface area contributed by atoms with Gasteiger partial charge in [0, 0.05) is 16.8 Å². The largest absolute Gasteiger partial charge is 0.397 e. The highest BCUT2D eigenvalue weighted by Crippen LogP contribution is 2.23. The van der Waals surface area contributed by atoms with Crippen LogP contribution in [0.1, 0.15) is 10.4 Å². The molecule has 0 aromatic heterocycles. The summed E-state index contributed by atoms with van der Waals surface area (Å²) in [5, 5.41) is 3.11. The quantitative estimate of drug-likeness (QED) is 0.849. The molecule has 0 radical (unpaired) electrons. The van der Waals surface area contributed by atoms with Crippen LogP contribution in [0.3, 0.4) is 0 Å². The highest BCUT2D eigenvalue weighted by atomic mass is 35.5. The number of benzene rings is 2. The molecular formula is C14H13ClN2O3S. The van der Waals surface area contributed by atoms with Crippen molar-refractivity contribution in [2.75, 3.05) is 17.3 Å². The van der Waals surface area contributed by atoms with Gasteiger partial charge in [-0.25, -0.2) is 8.42 Å². The molecule has 0 aliphatic rings. The number of nitrogens with one attached hydrogen (secondary N) is 1. The molecule has 2 aromatic carbocycles. The van der Waals surface area contributed by atoms with Gasteiger partial charge in [-0.3, -0.25) is 4.79 Å². The van der Waals surface area contributed by atoms with E-state index in [-0.39, 0.29) is 10.8 Å². The first-order chi connectivity index (χ1) is 9.77. The third-order valence-corrected chi connectivity index (χ3v) is 4.17. The van der Waals surface area contributed by atoms with E-state index in [0.717, 1.165) is 6.26 Å². The first-order valence-electron chi connectivity index (χ1n) is 5.94. The van der Waals surface area contributed by atoms with Crippen LogP contribution in [0.5, 0.6) is 0 Å². The molecule has 21 heavy (non-hydrogen) atoms. The fourth-order valence-corrected chi connectivity index (χ4v) is 2.51. The molecule has 0 saturated carbocycles. The van der Waals surface area contributed by atoms with Crippen LogP contribution in [0.15, 0.2) is 47.4 Å². The summed E-state index contributed by atoms with van der Waals surface area (Å²) in [7, 11) is -3.28. The molecule has 0 bridgehead atoms.